The van der Waals surface area contributed by atoms with E-state index in [-0.39, 0.29) is 34.3 Å². The zero-order chi connectivity index (χ0) is 80.2. The van der Waals surface area contributed by atoms with E-state index in [1.54, 1.807) is 68.6 Å². The van der Waals surface area contributed by atoms with Gasteiger partial charge < -0.3 is 84.6 Å². The summed E-state index contributed by atoms with van der Waals surface area (Å²) in [5.74, 6) is 3.67. The zero-order valence-corrected chi connectivity index (χ0v) is 67.1. The third kappa shape index (κ3) is 26.3. The van der Waals surface area contributed by atoms with E-state index in [9.17, 15) is 19.5 Å². The number of nitrogens with two attached hydrogens (primary N) is 2. The summed E-state index contributed by atoms with van der Waals surface area (Å²) in [6.07, 6.45) is 9.70. The number of anilines is 6. The standard InChI is InChI=1S/C22H23N3O4S.C20H19N3O4S.C14H15NO2.C8H11BO4.C8H9ClN2O2S.C6H6BrN/c1-5-29-21(26)17-13-23-22(30-4)25-20(17)24-16-8-6-7-14(11-16)15-9-10-18(27-2)19(12-15)28-3;1-26-16-8-7-13(10-17(16)27-2)12-5-4-6-14(9-12)22-18-15(19(24)25)11-21-20(23-18)28-3;1-16-13-7-6-11(9-14(13)17-2)10-4-3-5-12(15)8-10;1-12-7-4-3-6(9(10)11)5-8(7)13-2;1-3-13-7(12)5-4-10-8(14-2)11-6(5)9;7-5-2-1-3-6(8)4-5/h6-13H,5H2,1-4H3,(H,23,24,25);4-11H,1-3H3,(H,24,25)(H,21,22,23);3-9H,15H2,1-2H3;3-5,10-11H,1-2H3;4H,3H2,1-2H3;1-4H,8H2. The number of carbonyl (C=O) groups excluding carboxylic acids is 2. The first-order valence-corrected chi connectivity index (χ1v) is 37.7. The van der Waals surface area contributed by atoms with Crippen LogP contribution in [0.2, 0.25) is 5.15 Å². The molecule has 0 aliphatic rings. The average molecular weight is 1640 g/mol. The Labute approximate surface area is 664 Å². The van der Waals surface area contributed by atoms with Crippen molar-refractivity contribution in [1.82, 2.24) is 29.9 Å². The van der Waals surface area contributed by atoms with Crippen LogP contribution in [-0.4, -0.2) is 159 Å². The molecular weight excluding hydrogens is 1560 g/mol. The molecule has 9 N–H and O–H groups in total. The van der Waals surface area contributed by atoms with Gasteiger partial charge in [0.2, 0.25) is 0 Å². The number of thioether (sulfide) groups is 3. The van der Waals surface area contributed by atoms with Gasteiger partial charge in [-0.15, -0.1) is 0 Å². The molecule has 0 bridgehead atoms. The Balaban J connectivity index is 0.000000216. The van der Waals surface area contributed by atoms with Crippen LogP contribution in [0.15, 0.2) is 208 Å². The van der Waals surface area contributed by atoms with Gasteiger partial charge in [-0.3, -0.25) is 0 Å². The Morgan fingerprint density at radius 3 is 1.15 bits per heavy atom. The van der Waals surface area contributed by atoms with Gasteiger partial charge in [0.1, 0.15) is 33.5 Å². The number of methoxy groups -OCH3 is 8. The van der Waals surface area contributed by atoms with Gasteiger partial charge in [0, 0.05) is 45.8 Å². The number of carboxylic acids is 1. The van der Waals surface area contributed by atoms with Crippen molar-refractivity contribution in [2.75, 3.05) is 111 Å². The molecular formula is C78H83BBrClN10O16S3. The van der Waals surface area contributed by atoms with Gasteiger partial charge in [-0.2, -0.15) is 0 Å². The summed E-state index contributed by atoms with van der Waals surface area (Å²) in [4.78, 5) is 59.8. The normalized spacial score (nSPS) is 10.1. The molecule has 8 aromatic carbocycles. The maximum Gasteiger partial charge on any atom is 0.488 e. The number of ether oxygens (including phenoxy) is 10. The van der Waals surface area contributed by atoms with Gasteiger partial charge in [0.25, 0.3) is 0 Å². The van der Waals surface area contributed by atoms with E-state index in [1.165, 1.54) is 74.2 Å². The van der Waals surface area contributed by atoms with Crippen molar-refractivity contribution in [3.05, 3.63) is 215 Å². The average Bonchev–Trinajstić information content (AvgIpc) is 0.822. The molecule has 0 saturated carbocycles. The number of rotatable bonds is 24. The van der Waals surface area contributed by atoms with E-state index < -0.39 is 25.0 Å². The van der Waals surface area contributed by atoms with E-state index in [0.717, 1.165) is 60.7 Å². The Hall–Kier alpha value is -11.2. The fraction of sp³-hybridized carbons (Fsp3) is 0.192. The number of benzene rings is 8. The number of hydrogen-bond donors (Lipinski definition) is 7. The minimum atomic E-state index is -1.49. The largest absolute Gasteiger partial charge is 0.493 e. The van der Waals surface area contributed by atoms with Crippen molar-refractivity contribution < 1.29 is 76.9 Å². The van der Waals surface area contributed by atoms with E-state index in [2.05, 4.69) is 56.5 Å². The lowest BCUT2D eigenvalue weighted by Gasteiger charge is -2.13. The lowest BCUT2D eigenvalue weighted by atomic mass is 9.80. The highest BCUT2D eigenvalue weighted by Crippen LogP contribution is 2.37. The van der Waals surface area contributed by atoms with E-state index in [4.69, 9.17) is 80.5 Å². The molecule has 0 atom stereocenters. The zero-order valence-electron chi connectivity index (χ0n) is 62.4. The maximum atomic E-state index is 12.3. The van der Waals surface area contributed by atoms with Crippen LogP contribution in [0.1, 0.15) is 44.9 Å². The molecule has 0 radical (unpaired) electrons. The molecule has 3 heterocycles. The van der Waals surface area contributed by atoms with E-state index in [0.29, 0.717) is 79.3 Å². The van der Waals surface area contributed by atoms with Crippen LogP contribution in [0, 0.1) is 0 Å². The fourth-order valence-electron chi connectivity index (χ4n) is 9.54. The number of hydrogen-bond acceptors (Lipinski definition) is 28. The number of halogens is 2. The fourth-order valence-corrected chi connectivity index (χ4v) is 11.2. The quantitative estimate of drug-likeness (QED) is 0.00738. The van der Waals surface area contributed by atoms with Crippen molar-refractivity contribution >= 4 is 128 Å². The Morgan fingerprint density at radius 2 is 0.782 bits per heavy atom. The molecule has 0 saturated heterocycles. The first-order chi connectivity index (χ1) is 53.0. The van der Waals surface area contributed by atoms with Crippen molar-refractivity contribution in [3.63, 3.8) is 0 Å². The van der Waals surface area contributed by atoms with E-state index >= 15 is 0 Å². The summed E-state index contributed by atoms with van der Waals surface area (Å²) in [6.45, 7) is 4.06. The number of nitrogen functional groups attached to an aromatic ring is 2. The van der Waals surface area contributed by atoms with Crippen molar-refractivity contribution in [1.29, 1.82) is 0 Å². The summed E-state index contributed by atoms with van der Waals surface area (Å²) < 4.78 is 52.7. The monoisotopic (exact) mass is 1640 g/mol. The molecule has 32 heteroatoms. The highest BCUT2D eigenvalue weighted by Gasteiger charge is 2.20. The molecule has 3 aromatic heterocycles. The second-order valence-corrected chi connectivity index (χ2v) is 25.4. The van der Waals surface area contributed by atoms with Crippen LogP contribution >= 0.6 is 62.8 Å². The topological polar surface area (TPSA) is 358 Å². The molecule has 0 spiro atoms. The van der Waals surface area contributed by atoms with E-state index in [1.807, 2.05) is 170 Å². The number of carbonyl (C=O) groups is 3. The number of aromatic nitrogens is 6. The Kier molecular flexibility index (Phi) is 36.4. The molecule has 26 nitrogen and oxygen atoms in total. The summed E-state index contributed by atoms with van der Waals surface area (Å²) in [6, 6.07) is 52.6. The van der Waals surface area contributed by atoms with Gasteiger partial charge in [0.15, 0.2) is 61.5 Å². The molecule has 11 aromatic rings. The van der Waals surface area contributed by atoms with Crippen LogP contribution in [0.25, 0.3) is 33.4 Å². The van der Waals surface area contributed by atoms with Crippen LogP contribution in [0.5, 0.6) is 46.0 Å². The number of nitrogens with zero attached hydrogens (tertiary/aromatic N) is 6. The first kappa shape index (κ1) is 87.7. The molecule has 110 heavy (non-hydrogen) atoms. The Morgan fingerprint density at radius 1 is 0.436 bits per heavy atom. The predicted octanol–water partition coefficient (Wildman–Crippen LogP) is 15.5. The molecule has 11 rings (SSSR count). The second kappa shape index (κ2) is 45.6. The van der Waals surface area contributed by atoms with Crippen molar-refractivity contribution in [2.45, 2.75) is 29.3 Å². The Bertz CT molecular complexity index is 4840. The molecule has 0 aliphatic heterocycles. The van der Waals surface area contributed by atoms with Crippen LogP contribution in [-0.2, 0) is 9.47 Å². The van der Waals surface area contributed by atoms with Gasteiger partial charge in [-0.1, -0.05) is 130 Å². The third-order valence-corrected chi connectivity index (χ3v) is 17.3. The van der Waals surface area contributed by atoms with Gasteiger partial charge in [0.05, 0.1) is 70.1 Å². The number of esters is 2. The molecule has 0 unspecified atom stereocenters. The first-order valence-electron chi connectivity index (χ1n) is 32.9. The summed E-state index contributed by atoms with van der Waals surface area (Å²) in [5.41, 5.74) is 21.0. The maximum absolute atomic E-state index is 12.3. The molecule has 0 amide bonds. The highest BCUT2D eigenvalue weighted by atomic mass is 79.9. The predicted molar refractivity (Wildman–Crippen MR) is 439 cm³/mol. The lowest BCUT2D eigenvalue weighted by molar-refractivity contribution is 0.0516. The van der Waals surface area contributed by atoms with Crippen LogP contribution in [0.4, 0.5) is 34.4 Å². The van der Waals surface area contributed by atoms with Crippen LogP contribution < -0.4 is 65.5 Å². The number of carboxylic acid groups (broad SMARTS) is 1. The molecule has 576 valence electrons. The second-order valence-electron chi connectivity index (χ2n) is 21.8. The van der Waals surface area contributed by atoms with Gasteiger partial charge in [-0.25, -0.2) is 44.3 Å². The minimum Gasteiger partial charge on any atom is -0.493 e. The summed E-state index contributed by atoms with van der Waals surface area (Å²) in [7, 11) is 11.2. The third-order valence-electron chi connectivity index (χ3n) is 14.9. The number of nitrogens with one attached hydrogen (secondary N) is 2. The van der Waals surface area contributed by atoms with Crippen molar-refractivity contribution in [2.24, 2.45) is 0 Å². The summed E-state index contributed by atoms with van der Waals surface area (Å²) in [5, 5.41) is 35.1. The van der Waals surface area contributed by atoms with Crippen LogP contribution in [0.3, 0.4) is 0 Å². The minimum absolute atomic E-state index is 0.00863. The highest BCUT2D eigenvalue weighted by molar-refractivity contribution is 9.10. The van der Waals surface area contributed by atoms with Gasteiger partial charge >= 0.3 is 25.0 Å². The smallest absolute Gasteiger partial charge is 0.488 e. The summed E-state index contributed by atoms with van der Waals surface area (Å²) >= 11 is 13.1. The van der Waals surface area contributed by atoms with Crippen molar-refractivity contribution in [3.8, 4) is 79.4 Å². The molecule has 0 aliphatic carbocycles. The van der Waals surface area contributed by atoms with Gasteiger partial charge in [-0.05, 0) is 175 Å². The SMILES string of the molecule is CCOC(=O)c1cnc(SC)nc1Cl.CCOC(=O)c1cnc(SC)nc1Nc1cccc(-c2ccc(OC)c(OC)c2)c1.COc1ccc(-c2cccc(N)c2)cc1OC.COc1ccc(-c2cccc(Nc3nc(SC)ncc3C(=O)O)c2)cc1OC.COc1ccc(B(O)O)cc1OC.Nc1cccc(Br)c1. The molecule has 0 fully saturated rings. The lowest BCUT2D eigenvalue weighted by Crippen LogP contribution is -2.29. The number of aromatic carboxylic acids is 1.